The molecular weight excluding hydrogens is 262 g/mol. The molecule has 1 aliphatic heterocycles. The Bertz CT molecular complexity index is 606. The minimum Gasteiger partial charge on any atom is -0.327 e. The lowest BCUT2D eigenvalue weighted by Gasteiger charge is -2.20. The maximum Gasteiger partial charge on any atom is 0.124 e. The molecule has 21 heavy (non-hydrogen) atoms. The predicted molar refractivity (Wildman–Crippen MR) is 85.9 cm³/mol. The Hall–Kier alpha value is -1.43. The molecule has 2 atom stereocenters. The van der Waals surface area contributed by atoms with Crippen LogP contribution in [-0.2, 0) is 13.1 Å². The van der Waals surface area contributed by atoms with Crippen LogP contribution in [0.15, 0.2) is 24.3 Å². The molecule has 114 valence electrons. The van der Waals surface area contributed by atoms with E-state index in [-0.39, 0.29) is 0 Å². The van der Waals surface area contributed by atoms with Gasteiger partial charge in [-0.15, -0.1) is 0 Å². The number of fused-ring (bicyclic) bond motifs is 1. The van der Waals surface area contributed by atoms with Gasteiger partial charge in [0.2, 0.25) is 0 Å². The largest absolute Gasteiger partial charge is 0.327 e. The second-order valence-electron chi connectivity index (χ2n) is 6.08. The summed E-state index contributed by atoms with van der Waals surface area (Å²) in [5, 5.41) is 0. The zero-order valence-electron chi connectivity index (χ0n) is 13.1. The van der Waals surface area contributed by atoms with E-state index in [2.05, 4.69) is 65.5 Å². The van der Waals surface area contributed by atoms with Gasteiger partial charge < -0.3 is 4.57 Å². The number of hydrogen-bond donors (Lipinski definition) is 2. The molecule has 2 N–H and O–H groups in total. The second-order valence-corrected chi connectivity index (χ2v) is 6.08. The average molecular weight is 287 g/mol. The quantitative estimate of drug-likeness (QED) is 0.879. The Morgan fingerprint density at radius 1 is 1.33 bits per heavy atom. The van der Waals surface area contributed by atoms with E-state index < -0.39 is 0 Å². The Kier molecular flexibility index (Phi) is 4.24. The maximum atomic E-state index is 4.80. The van der Waals surface area contributed by atoms with Crippen LogP contribution in [-0.4, -0.2) is 40.1 Å². The summed E-state index contributed by atoms with van der Waals surface area (Å²) in [6, 6.07) is 9.46. The number of likely N-dealkylation sites (N-methyl/N-ethyl adjacent to an activating group) is 1. The number of nitrogens with one attached hydrogen (secondary N) is 2. The standard InChI is InChI=1S/C16H25N5/c1-4-21-15-8-6-5-7-14(15)17-16(21)11-20(3)10-13-9-12(2)18-19-13/h5-8,12-13,18-19H,4,9-11H2,1-3H3. The summed E-state index contributed by atoms with van der Waals surface area (Å²) in [4.78, 5) is 7.15. The first-order valence-electron chi connectivity index (χ1n) is 7.81. The third-order valence-corrected chi connectivity index (χ3v) is 4.17. The molecule has 5 heteroatoms. The Morgan fingerprint density at radius 3 is 2.86 bits per heavy atom. The summed E-state index contributed by atoms with van der Waals surface area (Å²) in [5.74, 6) is 1.15. The fraction of sp³-hybridized carbons (Fsp3) is 0.562. The van der Waals surface area contributed by atoms with Crippen molar-refractivity contribution in [2.75, 3.05) is 13.6 Å². The normalized spacial score (nSPS) is 22.5. The molecule has 2 unspecified atom stereocenters. The highest BCUT2D eigenvalue weighted by Gasteiger charge is 2.22. The molecule has 0 radical (unpaired) electrons. The number of benzene rings is 1. The lowest BCUT2D eigenvalue weighted by atomic mass is 10.1. The van der Waals surface area contributed by atoms with Crippen molar-refractivity contribution in [1.29, 1.82) is 0 Å². The lowest BCUT2D eigenvalue weighted by molar-refractivity contribution is 0.279. The first-order chi connectivity index (χ1) is 10.2. The van der Waals surface area contributed by atoms with E-state index in [0.29, 0.717) is 12.1 Å². The number of nitrogens with zero attached hydrogens (tertiary/aromatic N) is 3. The van der Waals surface area contributed by atoms with Gasteiger partial charge in [-0.05, 0) is 39.4 Å². The fourth-order valence-corrected chi connectivity index (χ4v) is 3.21. The van der Waals surface area contributed by atoms with Crippen LogP contribution in [0.2, 0.25) is 0 Å². The van der Waals surface area contributed by atoms with Gasteiger partial charge >= 0.3 is 0 Å². The zero-order valence-corrected chi connectivity index (χ0v) is 13.1. The van der Waals surface area contributed by atoms with E-state index >= 15 is 0 Å². The van der Waals surface area contributed by atoms with Gasteiger partial charge in [-0.3, -0.25) is 15.8 Å². The molecule has 1 aromatic carbocycles. The van der Waals surface area contributed by atoms with Gasteiger partial charge in [0, 0.05) is 25.2 Å². The van der Waals surface area contributed by atoms with E-state index in [0.717, 1.165) is 31.0 Å². The molecule has 5 nitrogen and oxygen atoms in total. The van der Waals surface area contributed by atoms with E-state index in [1.807, 2.05) is 0 Å². The topological polar surface area (TPSA) is 45.1 Å². The maximum absolute atomic E-state index is 4.80. The smallest absolute Gasteiger partial charge is 0.124 e. The number of hydrazine groups is 1. The van der Waals surface area contributed by atoms with Crippen molar-refractivity contribution >= 4 is 11.0 Å². The highest BCUT2D eigenvalue weighted by atomic mass is 15.4. The minimum atomic E-state index is 0.518. The van der Waals surface area contributed by atoms with E-state index in [1.54, 1.807) is 0 Å². The SMILES string of the molecule is CCn1c(CN(C)CC2CC(C)NN2)nc2ccccc21. The molecule has 0 spiro atoms. The zero-order chi connectivity index (χ0) is 14.8. The molecule has 1 saturated heterocycles. The summed E-state index contributed by atoms with van der Waals surface area (Å²) < 4.78 is 2.31. The fourth-order valence-electron chi connectivity index (χ4n) is 3.21. The lowest BCUT2D eigenvalue weighted by Crippen LogP contribution is -2.39. The van der Waals surface area contributed by atoms with Gasteiger partial charge in [-0.25, -0.2) is 4.98 Å². The van der Waals surface area contributed by atoms with Crippen LogP contribution in [0, 0.1) is 0 Å². The molecule has 2 aromatic rings. The van der Waals surface area contributed by atoms with Gasteiger partial charge in [0.05, 0.1) is 17.6 Å². The number of hydrogen-bond acceptors (Lipinski definition) is 4. The number of para-hydroxylation sites is 2. The highest BCUT2D eigenvalue weighted by molar-refractivity contribution is 5.75. The van der Waals surface area contributed by atoms with Gasteiger partial charge in [0.15, 0.2) is 0 Å². The van der Waals surface area contributed by atoms with Crippen LogP contribution in [0.5, 0.6) is 0 Å². The van der Waals surface area contributed by atoms with Gasteiger partial charge in [-0.1, -0.05) is 12.1 Å². The van der Waals surface area contributed by atoms with E-state index in [1.165, 1.54) is 11.9 Å². The Balaban J connectivity index is 1.72. The van der Waals surface area contributed by atoms with Crippen LogP contribution in [0.3, 0.4) is 0 Å². The number of aryl methyl sites for hydroxylation is 1. The molecule has 0 amide bonds. The van der Waals surface area contributed by atoms with Gasteiger partial charge in [0.25, 0.3) is 0 Å². The minimum absolute atomic E-state index is 0.518. The summed E-state index contributed by atoms with van der Waals surface area (Å²) >= 11 is 0. The van der Waals surface area contributed by atoms with Gasteiger partial charge in [-0.2, -0.15) is 0 Å². The third kappa shape index (κ3) is 3.10. The van der Waals surface area contributed by atoms with Crippen molar-refractivity contribution in [3.63, 3.8) is 0 Å². The average Bonchev–Trinajstić information content (AvgIpc) is 3.01. The first-order valence-corrected chi connectivity index (χ1v) is 7.81. The van der Waals surface area contributed by atoms with Crippen molar-refractivity contribution < 1.29 is 0 Å². The number of aromatic nitrogens is 2. The molecule has 2 heterocycles. The van der Waals surface area contributed by atoms with E-state index in [9.17, 15) is 0 Å². The Labute approximate surface area is 126 Å². The molecule has 1 aliphatic rings. The summed E-state index contributed by atoms with van der Waals surface area (Å²) in [6.45, 7) is 7.27. The molecule has 1 fully saturated rings. The second kappa shape index (κ2) is 6.13. The summed E-state index contributed by atoms with van der Waals surface area (Å²) in [7, 11) is 2.17. The van der Waals surface area contributed by atoms with Crippen LogP contribution in [0.1, 0.15) is 26.1 Å². The molecular formula is C16H25N5. The van der Waals surface area contributed by atoms with Crippen molar-refractivity contribution in [2.45, 2.75) is 45.4 Å². The summed E-state index contributed by atoms with van der Waals surface area (Å²) in [6.07, 6.45) is 1.18. The van der Waals surface area contributed by atoms with Crippen LogP contribution >= 0.6 is 0 Å². The van der Waals surface area contributed by atoms with E-state index in [4.69, 9.17) is 4.98 Å². The number of imidazole rings is 1. The van der Waals surface area contributed by atoms with Crippen molar-refractivity contribution in [1.82, 2.24) is 25.3 Å². The molecule has 0 bridgehead atoms. The Morgan fingerprint density at radius 2 is 2.14 bits per heavy atom. The van der Waals surface area contributed by atoms with Crippen LogP contribution in [0.4, 0.5) is 0 Å². The highest BCUT2D eigenvalue weighted by Crippen LogP contribution is 2.17. The van der Waals surface area contributed by atoms with Crippen molar-refractivity contribution in [3.05, 3.63) is 30.1 Å². The summed E-state index contributed by atoms with van der Waals surface area (Å²) in [5.41, 5.74) is 8.97. The molecule has 0 saturated carbocycles. The van der Waals surface area contributed by atoms with Crippen molar-refractivity contribution in [2.24, 2.45) is 0 Å². The van der Waals surface area contributed by atoms with Gasteiger partial charge in [0.1, 0.15) is 5.82 Å². The molecule has 1 aromatic heterocycles. The molecule has 0 aliphatic carbocycles. The number of rotatable bonds is 5. The van der Waals surface area contributed by atoms with Crippen molar-refractivity contribution in [3.8, 4) is 0 Å². The first kappa shape index (κ1) is 14.5. The predicted octanol–water partition coefficient (Wildman–Crippen LogP) is 1.74. The third-order valence-electron chi connectivity index (χ3n) is 4.17. The molecule has 3 rings (SSSR count). The van der Waals surface area contributed by atoms with Crippen LogP contribution in [0.25, 0.3) is 11.0 Å². The van der Waals surface area contributed by atoms with Crippen LogP contribution < -0.4 is 10.9 Å². The monoisotopic (exact) mass is 287 g/mol.